The van der Waals surface area contributed by atoms with Crippen LogP contribution in [-0.4, -0.2) is 16.7 Å². The Kier molecular flexibility index (Phi) is 2.87. The monoisotopic (exact) mass is 213 g/mol. The van der Waals surface area contributed by atoms with E-state index in [1.165, 1.54) is 38.6 Å². The summed E-state index contributed by atoms with van der Waals surface area (Å²) in [6, 6.07) is 0. The molecule has 14 heavy (non-hydrogen) atoms. The van der Waals surface area contributed by atoms with Gasteiger partial charge in [0.05, 0.1) is 4.87 Å². The highest BCUT2D eigenvalue weighted by atomic mass is 32.2. The molecular weight excluding hydrogens is 190 g/mol. The third-order valence-corrected chi connectivity index (χ3v) is 5.35. The van der Waals surface area contributed by atoms with Crippen LogP contribution in [0.2, 0.25) is 0 Å². The molecule has 1 saturated heterocycles. The van der Waals surface area contributed by atoms with Crippen molar-refractivity contribution in [1.82, 2.24) is 5.32 Å². The van der Waals surface area contributed by atoms with Crippen LogP contribution in [0.5, 0.6) is 0 Å². The first-order chi connectivity index (χ1) is 6.52. The lowest BCUT2D eigenvalue weighted by Gasteiger charge is -2.28. The summed E-state index contributed by atoms with van der Waals surface area (Å²) in [5, 5.41) is 4.58. The Balaban J connectivity index is 2.01. The van der Waals surface area contributed by atoms with Crippen LogP contribution in [0.1, 0.15) is 52.9 Å². The first kappa shape index (κ1) is 10.8. The maximum Gasteiger partial charge on any atom is 0.0648 e. The fraction of sp³-hybridized carbons (Fsp3) is 1.00. The highest BCUT2D eigenvalue weighted by molar-refractivity contribution is 8.01. The molecule has 82 valence electrons. The molecule has 0 aromatic rings. The normalized spacial score (nSPS) is 42.6. The van der Waals surface area contributed by atoms with Gasteiger partial charge >= 0.3 is 0 Å². The van der Waals surface area contributed by atoms with E-state index in [2.05, 4.69) is 37.8 Å². The van der Waals surface area contributed by atoms with Gasteiger partial charge in [-0.05, 0) is 31.1 Å². The Morgan fingerprint density at radius 3 is 2.57 bits per heavy atom. The van der Waals surface area contributed by atoms with Crippen LogP contribution in [0.15, 0.2) is 0 Å². The molecule has 1 aliphatic heterocycles. The van der Waals surface area contributed by atoms with E-state index >= 15 is 0 Å². The van der Waals surface area contributed by atoms with Gasteiger partial charge in [0.1, 0.15) is 0 Å². The zero-order valence-electron chi connectivity index (χ0n) is 9.73. The summed E-state index contributed by atoms with van der Waals surface area (Å²) in [6.07, 6.45) is 6.95. The van der Waals surface area contributed by atoms with Crippen LogP contribution in [-0.2, 0) is 0 Å². The predicted octanol–water partition coefficient (Wildman–Crippen LogP) is 3.40. The van der Waals surface area contributed by atoms with Crippen molar-refractivity contribution >= 4 is 11.8 Å². The second kappa shape index (κ2) is 3.71. The van der Waals surface area contributed by atoms with E-state index in [4.69, 9.17) is 0 Å². The molecule has 2 heteroatoms. The summed E-state index contributed by atoms with van der Waals surface area (Å²) >= 11 is 2.19. The van der Waals surface area contributed by atoms with E-state index in [1.54, 1.807) is 0 Å². The molecule has 2 aliphatic rings. The van der Waals surface area contributed by atoms with Crippen LogP contribution in [0.4, 0.5) is 0 Å². The Hall–Kier alpha value is 0.310. The number of thioether (sulfide) groups is 1. The van der Waals surface area contributed by atoms with E-state index < -0.39 is 0 Å². The molecule has 0 bridgehead atoms. The molecule has 1 N–H and O–H groups in total. The first-order valence-electron chi connectivity index (χ1n) is 5.94. The van der Waals surface area contributed by atoms with Crippen molar-refractivity contribution in [2.24, 2.45) is 5.41 Å². The molecule has 2 atom stereocenters. The van der Waals surface area contributed by atoms with E-state index in [1.807, 2.05) is 0 Å². The van der Waals surface area contributed by atoms with Crippen molar-refractivity contribution < 1.29 is 0 Å². The smallest absolute Gasteiger partial charge is 0.0648 e. The largest absolute Gasteiger partial charge is 0.302 e. The zero-order chi connectivity index (χ0) is 10.2. The molecule has 0 radical (unpaired) electrons. The van der Waals surface area contributed by atoms with Crippen LogP contribution in [0.3, 0.4) is 0 Å². The Labute approximate surface area is 92.4 Å². The number of hydrogen-bond donors (Lipinski definition) is 1. The van der Waals surface area contributed by atoms with Gasteiger partial charge in [-0.15, -0.1) is 11.8 Å². The van der Waals surface area contributed by atoms with E-state index in [-0.39, 0.29) is 0 Å². The third-order valence-electron chi connectivity index (χ3n) is 3.78. The Morgan fingerprint density at radius 2 is 1.93 bits per heavy atom. The number of hydrogen-bond acceptors (Lipinski definition) is 2. The van der Waals surface area contributed by atoms with Gasteiger partial charge in [-0.2, -0.15) is 0 Å². The minimum Gasteiger partial charge on any atom is -0.302 e. The van der Waals surface area contributed by atoms with E-state index in [9.17, 15) is 0 Å². The molecule has 1 nitrogen and oxygen atoms in total. The van der Waals surface area contributed by atoms with Crippen LogP contribution >= 0.6 is 11.8 Å². The quantitative estimate of drug-likeness (QED) is 0.662. The lowest BCUT2D eigenvalue weighted by atomic mass is 9.85. The fourth-order valence-corrected chi connectivity index (χ4v) is 4.32. The second-order valence-electron chi connectivity index (χ2n) is 5.82. The summed E-state index contributed by atoms with van der Waals surface area (Å²) < 4.78 is 0. The molecule has 1 heterocycles. The maximum absolute atomic E-state index is 3.76. The standard InChI is InChI=1S/C12H23NS/c1-10-9-13-12(14-10)6-4-5-11(2,3)7-8-12/h10,13H,4-9H2,1-3H3. The fourth-order valence-electron chi connectivity index (χ4n) is 2.74. The molecule has 1 spiro atoms. The van der Waals surface area contributed by atoms with Crippen molar-refractivity contribution in [3.63, 3.8) is 0 Å². The van der Waals surface area contributed by atoms with Gasteiger partial charge in [-0.3, -0.25) is 0 Å². The third kappa shape index (κ3) is 2.27. The van der Waals surface area contributed by atoms with E-state index in [0.29, 0.717) is 10.3 Å². The van der Waals surface area contributed by atoms with Crippen molar-refractivity contribution in [3.8, 4) is 0 Å². The summed E-state index contributed by atoms with van der Waals surface area (Å²) in [5.41, 5.74) is 0.581. The molecule has 2 rings (SSSR count). The Morgan fingerprint density at radius 1 is 1.14 bits per heavy atom. The predicted molar refractivity (Wildman–Crippen MR) is 64.7 cm³/mol. The van der Waals surface area contributed by atoms with Gasteiger partial charge in [0.25, 0.3) is 0 Å². The minimum atomic E-state index is 0.452. The SMILES string of the molecule is CC1CNC2(CCCC(C)(C)CC2)S1. The molecule has 0 amide bonds. The van der Waals surface area contributed by atoms with Gasteiger partial charge in [0.15, 0.2) is 0 Å². The molecule has 2 unspecified atom stereocenters. The second-order valence-corrected chi connectivity index (χ2v) is 7.64. The molecule has 0 aromatic carbocycles. The number of nitrogens with one attached hydrogen (secondary N) is 1. The molecule has 1 saturated carbocycles. The average molecular weight is 213 g/mol. The summed E-state index contributed by atoms with van der Waals surface area (Å²) in [4.78, 5) is 0.452. The van der Waals surface area contributed by atoms with Gasteiger partial charge in [0.2, 0.25) is 0 Å². The van der Waals surface area contributed by atoms with Crippen molar-refractivity contribution in [2.75, 3.05) is 6.54 Å². The van der Waals surface area contributed by atoms with Gasteiger partial charge in [0, 0.05) is 11.8 Å². The average Bonchev–Trinajstić information content (AvgIpc) is 2.38. The highest BCUT2D eigenvalue weighted by Gasteiger charge is 2.40. The van der Waals surface area contributed by atoms with Crippen LogP contribution in [0, 0.1) is 5.41 Å². The van der Waals surface area contributed by atoms with Crippen molar-refractivity contribution in [2.45, 2.75) is 63.0 Å². The van der Waals surface area contributed by atoms with Gasteiger partial charge < -0.3 is 5.32 Å². The first-order valence-corrected chi connectivity index (χ1v) is 6.82. The van der Waals surface area contributed by atoms with Crippen molar-refractivity contribution in [3.05, 3.63) is 0 Å². The maximum atomic E-state index is 3.76. The lowest BCUT2D eigenvalue weighted by Crippen LogP contribution is -2.36. The van der Waals surface area contributed by atoms with Crippen LogP contribution < -0.4 is 5.32 Å². The van der Waals surface area contributed by atoms with Gasteiger partial charge in [-0.1, -0.05) is 27.2 Å². The number of rotatable bonds is 0. The summed E-state index contributed by atoms with van der Waals surface area (Å²) in [6.45, 7) is 8.41. The Bertz CT molecular complexity index is 214. The summed E-state index contributed by atoms with van der Waals surface area (Å²) in [5.74, 6) is 0. The molecular formula is C12H23NS. The van der Waals surface area contributed by atoms with Gasteiger partial charge in [-0.25, -0.2) is 0 Å². The topological polar surface area (TPSA) is 12.0 Å². The van der Waals surface area contributed by atoms with Crippen LogP contribution in [0.25, 0.3) is 0 Å². The molecule has 1 aliphatic carbocycles. The lowest BCUT2D eigenvalue weighted by molar-refractivity contribution is 0.308. The zero-order valence-corrected chi connectivity index (χ0v) is 10.5. The van der Waals surface area contributed by atoms with Crippen molar-refractivity contribution in [1.29, 1.82) is 0 Å². The molecule has 0 aromatic heterocycles. The highest BCUT2D eigenvalue weighted by Crippen LogP contribution is 2.46. The minimum absolute atomic E-state index is 0.452. The summed E-state index contributed by atoms with van der Waals surface area (Å²) in [7, 11) is 0. The molecule has 2 fully saturated rings. The van der Waals surface area contributed by atoms with E-state index in [0.717, 1.165) is 5.25 Å².